The maximum Gasteiger partial charge on any atom is 0.159 e. The Kier molecular flexibility index (Phi) is 5.51. The van der Waals surface area contributed by atoms with Gasteiger partial charge in [0.25, 0.3) is 0 Å². The van der Waals surface area contributed by atoms with Crippen molar-refractivity contribution in [2.45, 2.75) is 45.8 Å². The first-order chi connectivity index (χ1) is 8.16. The van der Waals surface area contributed by atoms with E-state index in [0.29, 0.717) is 0 Å². The monoisotopic (exact) mass is 237 g/mol. The third kappa shape index (κ3) is 3.75. The fourth-order valence-electron chi connectivity index (χ4n) is 1.52. The number of aromatic nitrogens is 2. The van der Waals surface area contributed by atoms with Crippen LogP contribution >= 0.6 is 0 Å². The Hall–Kier alpha value is -1.00. The zero-order valence-electron chi connectivity index (χ0n) is 11.3. The molecule has 1 unspecified atom stereocenters. The van der Waals surface area contributed by atoms with Crippen molar-refractivity contribution in [1.82, 2.24) is 15.3 Å². The van der Waals surface area contributed by atoms with Crippen molar-refractivity contribution in [2.75, 3.05) is 13.7 Å². The van der Waals surface area contributed by atoms with E-state index in [1.54, 1.807) is 7.11 Å². The molecule has 1 heterocycles. The van der Waals surface area contributed by atoms with Crippen LogP contribution in [0.4, 0.5) is 0 Å². The molecular weight excluding hydrogens is 214 g/mol. The molecule has 4 heteroatoms. The molecule has 0 amide bonds. The Morgan fingerprint density at radius 2 is 1.94 bits per heavy atom. The first-order valence-corrected chi connectivity index (χ1v) is 6.23. The van der Waals surface area contributed by atoms with Crippen molar-refractivity contribution in [3.05, 3.63) is 23.8 Å². The molecule has 0 spiro atoms. The van der Waals surface area contributed by atoms with Crippen molar-refractivity contribution in [1.29, 1.82) is 0 Å². The predicted octanol–water partition coefficient (Wildman–Crippen LogP) is 2.25. The standard InChI is InChI=1S/C13H23N3O/c1-5-7-14-8-11-9-15-12(16-10-11)13(3,6-2)17-4/h9-10,14H,5-8H2,1-4H3. The predicted molar refractivity (Wildman–Crippen MR) is 68.7 cm³/mol. The summed E-state index contributed by atoms with van der Waals surface area (Å²) in [5.41, 5.74) is 0.729. The number of rotatable bonds is 7. The molecule has 0 aliphatic heterocycles. The first-order valence-electron chi connectivity index (χ1n) is 6.23. The molecule has 0 aliphatic rings. The van der Waals surface area contributed by atoms with E-state index in [0.717, 1.165) is 37.3 Å². The van der Waals surface area contributed by atoms with Crippen LogP contribution in [0.15, 0.2) is 12.4 Å². The molecule has 96 valence electrons. The molecular formula is C13H23N3O. The Bertz CT molecular complexity index is 320. The summed E-state index contributed by atoms with van der Waals surface area (Å²) in [4.78, 5) is 8.79. The lowest BCUT2D eigenvalue weighted by molar-refractivity contribution is -0.00903. The second kappa shape index (κ2) is 6.67. The quantitative estimate of drug-likeness (QED) is 0.739. The summed E-state index contributed by atoms with van der Waals surface area (Å²) < 4.78 is 5.47. The van der Waals surface area contributed by atoms with Crippen LogP contribution in [0.25, 0.3) is 0 Å². The third-order valence-corrected chi connectivity index (χ3v) is 3.06. The Morgan fingerprint density at radius 3 is 2.41 bits per heavy atom. The number of nitrogens with one attached hydrogen (secondary N) is 1. The van der Waals surface area contributed by atoms with Gasteiger partial charge in [0.15, 0.2) is 5.82 Å². The van der Waals surface area contributed by atoms with Crippen LogP contribution in [-0.4, -0.2) is 23.6 Å². The van der Waals surface area contributed by atoms with Crippen LogP contribution < -0.4 is 5.32 Å². The van der Waals surface area contributed by atoms with Gasteiger partial charge in [0.2, 0.25) is 0 Å². The highest BCUT2D eigenvalue weighted by Crippen LogP contribution is 2.24. The molecule has 0 bridgehead atoms. The highest BCUT2D eigenvalue weighted by atomic mass is 16.5. The zero-order valence-corrected chi connectivity index (χ0v) is 11.3. The second-order valence-electron chi connectivity index (χ2n) is 4.38. The zero-order chi connectivity index (χ0) is 12.7. The van der Waals surface area contributed by atoms with Crippen LogP contribution in [0.3, 0.4) is 0 Å². The Labute approximate surface area is 104 Å². The van der Waals surface area contributed by atoms with Crippen molar-refractivity contribution < 1.29 is 4.74 Å². The molecule has 1 atom stereocenters. The summed E-state index contributed by atoms with van der Waals surface area (Å²) in [7, 11) is 1.70. The lowest BCUT2D eigenvalue weighted by Gasteiger charge is -2.24. The number of hydrogen-bond donors (Lipinski definition) is 1. The van der Waals surface area contributed by atoms with Crippen molar-refractivity contribution in [2.24, 2.45) is 0 Å². The number of nitrogens with zero attached hydrogens (tertiary/aromatic N) is 2. The minimum Gasteiger partial charge on any atom is -0.371 e. The number of hydrogen-bond acceptors (Lipinski definition) is 4. The van der Waals surface area contributed by atoms with Gasteiger partial charge in [-0.1, -0.05) is 13.8 Å². The van der Waals surface area contributed by atoms with Gasteiger partial charge in [0.05, 0.1) is 0 Å². The summed E-state index contributed by atoms with van der Waals surface area (Å²) in [6.45, 7) is 8.08. The third-order valence-electron chi connectivity index (χ3n) is 3.06. The van der Waals surface area contributed by atoms with Crippen LogP contribution in [0.5, 0.6) is 0 Å². The van der Waals surface area contributed by atoms with E-state index in [1.165, 1.54) is 0 Å². The fraction of sp³-hybridized carbons (Fsp3) is 0.692. The van der Waals surface area contributed by atoms with Crippen LogP contribution in [0, 0.1) is 0 Å². The normalized spacial score (nSPS) is 14.6. The molecule has 1 aromatic rings. The maximum atomic E-state index is 5.47. The van der Waals surface area contributed by atoms with Gasteiger partial charge >= 0.3 is 0 Å². The molecule has 1 N–H and O–H groups in total. The van der Waals surface area contributed by atoms with Gasteiger partial charge in [-0.3, -0.25) is 0 Å². The summed E-state index contributed by atoms with van der Waals surface area (Å²) >= 11 is 0. The van der Waals surface area contributed by atoms with Crippen molar-refractivity contribution in [3.8, 4) is 0 Å². The largest absolute Gasteiger partial charge is 0.371 e. The fourth-order valence-corrected chi connectivity index (χ4v) is 1.52. The average Bonchev–Trinajstić information content (AvgIpc) is 2.39. The van der Waals surface area contributed by atoms with Gasteiger partial charge in [0, 0.05) is 31.6 Å². The molecule has 17 heavy (non-hydrogen) atoms. The number of methoxy groups -OCH3 is 1. The Balaban J connectivity index is 2.67. The van der Waals surface area contributed by atoms with Crippen molar-refractivity contribution >= 4 is 0 Å². The molecule has 1 rings (SSSR count). The van der Waals surface area contributed by atoms with E-state index < -0.39 is 0 Å². The summed E-state index contributed by atoms with van der Waals surface area (Å²) in [6, 6.07) is 0. The van der Waals surface area contributed by atoms with Crippen molar-refractivity contribution in [3.63, 3.8) is 0 Å². The lowest BCUT2D eigenvalue weighted by atomic mass is 10.0. The summed E-state index contributed by atoms with van der Waals surface area (Å²) in [5, 5.41) is 3.33. The number of ether oxygens (including phenoxy) is 1. The minimum atomic E-state index is -0.380. The molecule has 0 saturated carbocycles. The molecule has 0 aromatic carbocycles. The van der Waals surface area contributed by atoms with E-state index in [9.17, 15) is 0 Å². The highest BCUT2D eigenvalue weighted by molar-refractivity contribution is 5.08. The maximum absolute atomic E-state index is 5.47. The van der Waals surface area contributed by atoms with E-state index in [-0.39, 0.29) is 5.60 Å². The minimum absolute atomic E-state index is 0.380. The topological polar surface area (TPSA) is 47.0 Å². The highest BCUT2D eigenvalue weighted by Gasteiger charge is 2.26. The van der Waals surface area contributed by atoms with Gasteiger partial charge in [0.1, 0.15) is 5.60 Å². The van der Waals surface area contributed by atoms with Gasteiger partial charge in [-0.25, -0.2) is 9.97 Å². The average molecular weight is 237 g/mol. The SMILES string of the molecule is CCCNCc1cnc(C(C)(CC)OC)nc1. The van der Waals surface area contributed by atoms with Gasteiger partial charge in [-0.2, -0.15) is 0 Å². The van der Waals surface area contributed by atoms with Gasteiger partial charge < -0.3 is 10.1 Å². The molecule has 1 aromatic heterocycles. The summed E-state index contributed by atoms with van der Waals surface area (Å²) in [6.07, 6.45) is 5.74. The lowest BCUT2D eigenvalue weighted by Crippen LogP contribution is -2.26. The van der Waals surface area contributed by atoms with E-state index >= 15 is 0 Å². The molecule has 0 saturated heterocycles. The first kappa shape index (κ1) is 14.1. The summed E-state index contributed by atoms with van der Waals surface area (Å²) in [5.74, 6) is 0.752. The second-order valence-corrected chi connectivity index (χ2v) is 4.38. The molecule has 0 fully saturated rings. The van der Waals surface area contributed by atoms with E-state index in [2.05, 4.69) is 29.1 Å². The van der Waals surface area contributed by atoms with Crippen LogP contribution in [0.2, 0.25) is 0 Å². The van der Waals surface area contributed by atoms with E-state index in [4.69, 9.17) is 4.74 Å². The van der Waals surface area contributed by atoms with Crippen LogP contribution in [-0.2, 0) is 16.9 Å². The Morgan fingerprint density at radius 1 is 1.29 bits per heavy atom. The molecule has 0 radical (unpaired) electrons. The molecule has 0 aliphatic carbocycles. The molecule has 4 nitrogen and oxygen atoms in total. The van der Waals surface area contributed by atoms with Gasteiger partial charge in [-0.05, 0) is 26.3 Å². The van der Waals surface area contributed by atoms with Crippen LogP contribution in [0.1, 0.15) is 45.0 Å². The smallest absolute Gasteiger partial charge is 0.159 e. The van der Waals surface area contributed by atoms with E-state index in [1.807, 2.05) is 19.3 Å². The van der Waals surface area contributed by atoms with Gasteiger partial charge in [-0.15, -0.1) is 0 Å².